The Bertz CT molecular complexity index is 644. The number of halogens is 2. The van der Waals surface area contributed by atoms with Crippen LogP contribution in [0.25, 0.3) is 0 Å². The Kier molecular flexibility index (Phi) is 6.64. The van der Waals surface area contributed by atoms with Crippen LogP contribution in [0.2, 0.25) is 0 Å². The van der Waals surface area contributed by atoms with Crippen LogP contribution in [0.4, 0.5) is 8.78 Å². The van der Waals surface area contributed by atoms with E-state index >= 15 is 0 Å². The Morgan fingerprint density at radius 1 is 1.21 bits per heavy atom. The largest absolute Gasteiger partial charge is 0.379 e. The fraction of sp³-hybridized carbons (Fsp3) is 0.533. The van der Waals surface area contributed by atoms with E-state index in [2.05, 4.69) is 10.2 Å². The molecule has 1 fully saturated rings. The minimum absolute atomic E-state index is 0.231. The third-order valence-corrected chi connectivity index (χ3v) is 5.12. The summed E-state index contributed by atoms with van der Waals surface area (Å²) in [6, 6.07) is 4.49. The Morgan fingerprint density at radius 2 is 1.83 bits per heavy atom. The topological polar surface area (TPSA) is 75.7 Å². The van der Waals surface area contributed by atoms with Gasteiger partial charge >= 0.3 is 5.76 Å². The second-order valence-corrected chi connectivity index (χ2v) is 7.31. The van der Waals surface area contributed by atoms with Gasteiger partial charge in [-0.1, -0.05) is 0 Å². The third kappa shape index (κ3) is 4.96. The number of sulfone groups is 1. The second kappa shape index (κ2) is 8.50. The first kappa shape index (κ1) is 18.8. The van der Waals surface area contributed by atoms with E-state index in [0.717, 1.165) is 51.4 Å². The first-order valence-corrected chi connectivity index (χ1v) is 9.16. The van der Waals surface area contributed by atoms with Gasteiger partial charge in [0, 0.05) is 25.2 Å². The number of hydrogen-bond donors (Lipinski definition) is 1. The quantitative estimate of drug-likeness (QED) is 0.736. The summed E-state index contributed by atoms with van der Waals surface area (Å²) in [6.45, 7) is 4.55. The van der Waals surface area contributed by atoms with Gasteiger partial charge in [-0.05, 0) is 37.2 Å². The van der Waals surface area contributed by atoms with E-state index in [-0.39, 0.29) is 11.5 Å². The van der Waals surface area contributed by atoms with Crippen molar-refractivity contribution in [2.75, 3.05) is 39.4 Å². The van der Waals surface area contributed by atoms with Crippen molar-refractivity contribution in [3.63, 3.8) is 0 Å². The summed E-state index contributed by atoms with van der Waals surface area (Å²) in [7, 11) is -4.63. The number of ether oxygens (including phenoxy) is 1. The van der Waals surface area contributed by atoms with Gasteiger partial charge in [-0.15, -0.1) is 0 Å². The zero-order valence-corrected chi connectivity index (χ0v) is 13.9. The molecule has 0 atom stereocenters. The Hall–Kier alpha value is -1.58. The van der Waals surface area contributed by atoms with Crippen molar-refractivity contribution in [2.24, 2.45) is 0 Å². The molecule has 0 bridgehead atoms. The van der Waals surface area contributed by atoms with Crippen molar-refractivity contribution in [2.45, 2.75) is 17.1 Å². The molecule has 0 unspecified atom stereocenters. The second-order valence-electron chi connectivity index (χ2n) is 5.39. The smallest absolute Gasteiger partial charge is 0.341 e. The molecule has 1 aromatic carbocycles. The van der Waals surface area contributed by atoms with Crippen LogP contribution < -0.4 is 5.32 Å². The van der Waals surface area contributed by atoms with E-state index < -0.39 is 20.5 Å². The number of morpholine rings is 1. The molecule has 0 spiro atoms. The molecule has 1 aromatic rings. The first-order valence-electron chi connectivity index (χ1n) is 7.61. The van der Waals surface area contributed by atoms with Crippen molar-refractivity contribution >= 4 is 15.7 Å². The van der Waals surface area contributed by atoms with Gasteiger partial charge < -0.3 is 10.1 Å². The maximum Gasteiger partial charge on any atom is 0.341 e. The van der Waals surface area contributed by atoms with E-state index in [0.29, 0.717) is 6.54 Å². The van der Waals surface area contributed by atoms with Crippen LogP contribution in [0.3, 0.4) is 0 Å². The van der Waals surface area contributed by atoms with Crippen molar-refractivity contribution in [3.05, 3.63) is 29.8 Å². The highest BCUT2D eigenvalue weighted by atomic mass is 32.2. The first-order chi connectivity index (χ1) is 11.4. The summed E-state index contributed by atoms with van der Waals surface area (Å²) in [5.74, 6) is -3.84. The van der Waals surface area contributed by atoms with Crippen LogP contribution in [0.1, 0.15) is 16.8 Å². The summed E-state index contributed by atoms with van der Waals surface area (Å²) in [5, 5.41) is 2.73. The Morgan fingerprint density at radius 3 is 2.42 bits per heavy atom. The van der Waals surface area contributed by atoms with Crippen molar-refractivity contribution in [1.82, 2.24) is 10.2 Å². The van der Waals surface area contributed by atoms with Gasteiger partial charge in [0.05, 0.1) is 18.1 Å². The minimum atomic E-state index is -4.63. The van der Waals surface area contributed by atoms with Crippen molar-refractivity contribution < 1.29 is 26.7 Å². The van der Waals surface area contributed by atoms with E-state index in [1.54, 1.807) is 0 Å². The van der Waals surface area contributed by atoms with Gasteiger partial charge in [0.15, 0.2) is 0 Å². The van der Waals surface area contributed by atoms with Gasteiger partial charge in [-0.2, -0.15) is 8.78 Å². The number of benzene rings is 1. The lowest BCUT2D eigenvalue weighted by atomic mass is 10.2. The Balaban J connectivity index is 1.80. The standard InChI is InChI=1S/C15H20F2N2O4S/c16-15(17)24(21,22)13-4-2-12(3-5-13)14(20)18-6-1-7-19-8-10-23-11-9-19/h2-5,15H,1,6-11H2,(H,18,20). The van der Waals surface area contributed by atoms with E-state index in [1.807, 2.05) is 0 Å². The summed E-state index contributed by atoms with van der Waals surface area (Å²) in [5.41, 5.74) is 0.231. The molecule has 9 heteroatoms. The van der Waals surface area contributed by atoms with Crippen LogP contribution in [-0.4, -0.2) is 64.4 Å². The lowest BCUT2D eigenvalue weighted by Gasteiger charge is -2.26. The highest BCUT2D eigenvalue weighted by Gasteiger charge is 2.26. The van der Waals surface area contributed by atoms with Crippen LogP contribution in [0, 0.1) is 0 Å². The summed E-state index contributed by atoms with van der Waals surface area (Å²) in [6.07, 6.45) is 0.781. The molecule has 1 N–H and O–H groups in total. The monoisotopic (exact) mass is 362 g/mol. The number of nitrogens with one attached hydrogen (secondary N) is 1. The van der Waals surface area contributed by atoms with Crippen molar-refractivity contribution in [3.8, 4) is 0 Å². The molecule has 134 valence electrons. The third-order valence-electron chi connectivity index (χ3n) is 3.72. The molecule has 1 aliphatic rings. The van der Waals surface area contributed by atoms with E-state index in [1.165, 1.54) is 12.1 Å². The molecule has 0 saturated carbocycles. The molecule has 0 aromatic heterocycles. The Labute approximate surface area is 139 Å². The van der Waals surface area contributed by atoms with Crippen LogP contribution >= 0.6 is 0 Å². The average molecular weight is 362 g/mol. The SMILES string of the molecule is O=C(NCCCN1CCOCC1)c1ccc(S(=O)(=O)C(F)F)cc1. The van der Waals surface area contributed by atoms with E-state index in [9.17, 15) is 22.0 Å². The maximum atomic E-state index is 12.4. The molecule has 1 aliphatic heterocycles. The normalized spacial score (nSPS) is 16.3. The molecule has 6 nitrogen and oxygen atoms in total. The van der Waals surface area contributed by atoms with Gasteiger partial charge in [-0.25, -0.2) is 8.42 Å². The molecule has 1 heterocycles. The number of hydrogen-bond acceptors (Lipinski definition) is 5. The maximum absolute atomic E-state index is 12.4. The molecule has 1 amide bonds. The minimum Gasteiger partial charge on any atom is -0.379 e. The predicted molar refractivity (Wildman–Crippen MR) is 83.8 cm³/mol. The van der Waals surface area contributed by atoms with Crippen LogP contribution in [0.15, 0.2) is 29.2 Å². The van der Waals surface area contributed by atoms with Gasteiger partial charge in [-0.3, -0.25) is 9.69 Å². The molecule has 1 saturated heterocycles. The summed E-state index contributed by atoms with van der Waals surface area (Å²) in [4.78, 5) is 13.7. The molecule has 0 aliphatic carbocycles. The molecule has 24 heavy (non-hydrogen) atoms. The number of nitrogens with zero attached hydrogens (tertiary/aromatic N) is 1. The summed E-state index contributed by atoms with van der Waals surface area (Å²) >= 11 is 0. The zero-order chi connectivity index (χ0) is 17.6. The molecular weight excluding hydrogens is 342 g/mol. The zero-order valence-electron chi connectivity index (χ0n) is 13.1. The highest BCUT2D eigenvalue weighted by molar-refractivity contribution is 7.91. The number of rotatable bonds is 7. The lowest BCUT2D eigenvalue weighted by Crippen LogP contribution is -2.38. The average Bonchev–Trinajstić information content (AvgIpc) is 2.59. The lowest BCUT2D eigenvalue weighted by molar-refractivity contribution is 0.0374. The number of carbonyl (C=O) groups excluding carboxylic acids is 1. The van der Waals surface area contributed by atoms with E-state index in [4.69, 9.17) is 4.74 Å². The number of carbonyl (C=O) groups is 1. The fourth-order valence-corrected chi connectivity index (χ4v) is 3.05. The van der Waals surface area contributed by atoms with Crippen LogP contribution in [0.5, 0.6) is 0 Å². The highest BCUT2D eigenvalue weighted by Crippen LogP contribution is 2.18. The van der Waals surface area contributed by atoms with Gasteiger partial charge in [0.2, 0.25) is 9.84 Å². The molecular formula is C15H20F2N2O4S. The van der Waals surface area contributed by atoms with Gasteiger partial charge in [0.25, 0.3) is 5.91 Å². The van der Waals surface area contributed by atoms with Crippen molar-refractivity contribution in [1.29, 1.82) is 0 Å². The fourth-order valence-electron chi connectivity index (χ4n) is 2.33. The molecule has 0 radical (unpaired) electrons. The predicted octanol–water partition coefficient (Wildman–Crippen LogP) is 1.14. The van der Waals surface area contributed by atoms with Gasteiger partial charge in [0.1, 0.15) is 0 Å². The van der Waals surface area contributed by atoms with Crippen LogP contribution in [-0.2, 0) is 14.6 Å². The molecule has 2 rings (SSSR count). The summed E-state index contributed by atoms with van der Waals surface area (Å²) < 4.78 is 52.7. The number of alkyl halides is 2. The number of amides is 1.